The summed E-state index contributed by atoms with van der Waals surface area (Å²) in [6.07, 6.45) is 1.17. The molecule has 0 radical (unpaired) electrons. The van der Waals surface area contributed by atoms with E-state index in [9.17, 15) is 14.0 Å². The third-order valence-electron chi connectivity index (χ3n) is 3.29. The number of rotatable bonds is 3. The molecule has 0 saturated heterocycles. The number of aryl methyl sites for hydroxylation is 1. The summed E-state index contributed by atoms with van der Waals surface area (Å²) >= 11 is 0. The number of ketones is 1. The van der Waals surface area contributed by atoms with Gasteiger partial charge in [0.2, 0.25) is 5.91 Å². The van der Waals surface area contributed by atoms with E-state index in [1.807, 2.05) is 0 Å². The van der Waals surface area contributed by atoms with Gasteiger partial charge in [-0.05, 0) is 44.4 Å². The highest BCUT2D eigenvalue weighted by molar-refractivity contribution is 6.13. The lowest BCUT2D eigenvalue weighted by Crippen LogP contribution is -2.29. The third kappa shape index (κ3) is 2.07. The lowest BCUT2D eigenvalue weighted by atomic mass is 10.0. The molecule has 1 amide bonds. The number of anilines is 1. The first-order valence-corrected chi connectivity index (χ1v) is 5.54. The molecular weight excluding hydrogens is 221 g/mol. The average molecular weight is 235 g/mol. The molecule has 4 heteroatoms. The third-order valence-corrected chi connectivity index (χ3v) is 3.29. The second kappa shape index (κ2) is 3.95. The lowest BCUT2D eigenvalue weighted by Gasteiger charge is -2.12. The summed E-state index contributed by atoms with van der Waals surface area (Å²) in [6, 6.07) is 4.49. The molecule has 1 aliphatic rings. The molecule has 0 aliphatic heterocycles. The fourth-order valence-corrected chi connectivity index (χ4v) is 1.79. The van der Waals surface area contributed by atoms with Crippen LogP contribution in [0.5, 0.6) is 0 Å². The molecule has 3 nitrogen and oxygen atoms in total. The standard InChI is InChI=1S/C13H14FNO2/c1-8-3-4-10(7-11(8)14)15-12(17)13(5-6-13)9(2)16/h3-4,7H,5-6H2,1-2H3,(H,15,17). The van der Waals surface area contributed by atoms with Crippen LogP contribution in [0.3, 0.4) is 0 Å². The Morgan fingerprint density at radius 1 is 1.35 bits per heavy atom. The number of hydrogen-bond donors (Lipinski definition) is 1. The molecule has 2 rings (SSSR count). The van der Waals surface area contributed by atoms with Gasteiger partial charge in [-0.25, -0.2) is 4.39 Å². The van der Waals surface area contributed by atoms with Gasteiger partial charge in [0.05, 0.1) is 0 Å². The largest absolute Gasteiger partial charge is 0.325 e. The Morgan fingerprint density at radius 3 is 2.47 bits per heavy atom. The van der Waals surface area contributed by atoms with E-state index < -0.39 is 5.41 Å². The van der Waals surface area contributed by atoms with Gasteiger partial charge < -0.3 is 5.32 Å². The van der Waals surface area contributed by atoms with Crippen molar-refractivity contribution in [3.05, 3.63) is 29.6 Å². The molecule has 90 valence electrons. The van der Waals surface area contributed by atoms with E-state index in [-0.39, 0.29) is 17.5 Å². The molecule has 17 heavy (non-hydrogen) atoms. The quantitative estimate of drug-likeness (QED) is 0.818. The fourth-order valence-electron chi connectivity index (χ4n) is 1.79. The molecule has 1 fully saturated rings. The molecule has 0 unspecified atom stereocenters. The van der Waals surface area contributed by atoms with Crippen LogP contribution in [0.1, 0.15) is 25.3 Å². The van der Waals surface area contributed by atoms with E-state index in [4.69, 9.17) is 0 Å². The van der Waals surface area contributed by atoms with Gasteiger partial charge in [0.25, 0.3) is 0 Å². The summed E-state index contributed by atoms with van der Waals surface area (Å²) in [5.74, 6) is -0.814. The molecule has 1 aliphatic carbocycles. The van der Waals surface area contributed by atoms with E-state index in [1.165, 1.54) is 13.0 Å². The van der Waals surface area contributed by atoms with Gasteiger partial charge in [-0.3, -0.25) is 9.59 Å². The van der Waals surface area contributed by atoms with Gasteiger partial charge in [0.1, 0.15) is 17.0 Å². The Hall–Kier alpha value is -1.71. The molecule has 1 aromatic rings. The SMILES string of the molecule is CC(=O)C1(C(=O)Nc2ccc(C)c(F)c2)CC1. The van der Waals surface area contributed by atoms with Crippen molar-refractivity contribution < 1.29 is 14.0 Å². The van der Waals surface area contributed by atoms with Crippen molar-refractivity contribution in [2.75, 3.05) is 5.32 Å². The number of Topliss-reactive ketones (excluding diaryl/α,β-unsaturated/α-hetero) is 1. The smallest absolute Gasteiger partial charge is 0.238 e. The Bertz CT molecular complexity index is 492. The highest BCUT2D eigenvalue weighted by Crippen LogP contribution is 2.47. The summed E-state index contributed by atoms with van der Waals surface area (Å²) in [7, 11) is 0. The highest BCUT2D eigenvalue weighted by Gasteiger charge is 2.54. The van der Waals surface area contributed by atoms with E-state index in [2.05, 4.69) is 5.32 Å². The molecule has 0 bridgehead atoms. The zero-order valence-electron chi connectivity index (χ0n) is 9.84. The van der Waals surface area contributed by atoms with Crippen molar-refractivity contribution in [2.24, 2.45) is 5.41 Å². The van der Waals surface area contributed by atoms with Crippen molar-refractivity contribution in [1.82, 2.24) is 0 Å². The Kier molecular flexibility index (Phi) is 2.73. The summed E-state index contributed by atoms with van der Waals surface area (Å²) in [5.41, 5.74) is 0.0581. The zero-order valence-corrected chi connectivity index (χ0v) is 9.84. The van der Waals surface area contributed by atoms with E-state index in [0.29, 0.717) is 24.1 Å². The van der Waals surface area contributed by atoms with Crippen LogP contribution in [0.2, 0.25) is 0 Å². The van der Waals surface area contributed by atoms with Gasteiger partial charge in [-0.1, -0.05) is 6.07 Å². The van der Waals surface area contributed by atoms with E-state index >= 15 is 0 Å². The molecular formula is C13H14FNO2. The molecule has 0 aromatic heterocycles. The molecule has 1 N–H and O–H groups in total. The summed E-state index contributed by atoms with van der Waals surface area (Å²) in [5, 5.41) is 2.59. The van der Waals surface area contributed by atoms with Crippen LogP contribution < -0.4 is 5.32 Å². The maximum Gasteiger partial charge on any atom is 0.238 e. The van der Waals surface area contributed by atoms with Crippen LogP contribution in [0.25, 0.3) is 0 Å². The van der Waals surface area contributed by atoms with Crippen molar-refractivity contribution in [3.8, 4) is 0 Å². The fraction of sp³-hybridized carbons (Fsp3) is 0.385. The highest BCUT2D eigenvalue weighted by atomic mass is 19.1. The van der Waals surface area contributed by atoms with Gasteiger partial charge >= 0.3 is 0 Å². The first-order chi connectivity index (χ1) is 7.95. The zero-order chi connectivity index (χ0) is 12.6. The van der Waals surface area contributed by atoms with Crippen LogP contribution in [0.4, 0.5) is 10.1 Å². The molecule has 1 saturated carbocycles. The maximum absolute atomic E-state index is 13.3. The Morgan fingerprint density at radius 2 is 2.00 bits per heavy atom. The first kappa shape index (κ1) is 11.8. The van der Waals surface area contributed by atoms with Crippen LogP contribution >= 0.6 is 0 Å². The number of halogens is 1. The van der Waals surface area contributed by atoms with Crippen molar-refractivity contribution in [1.29, 1.82) is 0 Å². The number of nitrogens with one attached hydrogen (secondary N) is 1. The topological polar surface area (TPSA) is 46.2 Å². The van der Waals surface area contributed by atoms with Gasteiger partial charge in [-0.15, -0.1) is 0 Å². The van der Waals surface area contributed by atoms with Crippen LogP contribution in [-0.2, 0) is 9.59 Å². The van der Waals surface area contributed by atoms with Gasteiger partial charge in [0.15, 0.2) is 0 Å². The van der Waals surface area contributed by atoms with E-state index in [0.717, 1.165) is 0 Å². The summed E-state index contributed by atoms with van der Waals surface area (Å²) in [4.78, 5) is 23.2. The second-order valence-electron chi connectivity index (χ2n) is 4.56. The number of amides is 1. The summed E-state index contributed by atoms with van der Waals surface area (Å²) < 4.78 is 13.3. The summed E-state index contributed by atoms with van der Waals surface area (Å²) in [6.45, 7) is 3.07. The van der Waals surface area contributed by atoms with Crippen molar-refractivity contribution >= 4 is 17.4 Å². The number of hydrogen-bond acceptors (Lipinski definition) is 2. The second-order valence-corrected chi connectivity index (χ2v) is 4.56. The Labute approximate surface area is 99.0 Å². The molecule has 0 spiro atoms. The number of benzene rings is 1. The minimum absolute atomic E-state index is 0.123. The first-order valence-electron chi connectivity index (χ1n) is 5.54. The number of carbonyl (C=O) groups excluding carboxylic acids is 2. The maximum atomic E-state index is 13.3. The molecule has 0 heterocycles. The number of carbonyl (C=O) groups is 2. The van der Waals surface area contributed by atoms with Crippen molar-refractivity contribution in [2.45, 2.75) is 26.7 Å². The van der Waals surface area contributed by atoms with Crippen LogP contribution in [0, 0.1) is 18.2 Å². The normalized spacial score (nSPS) is 16.4. The van der Waals surface area contributed by atoms with Crippen LogP contribution in [-0.4, -0.2) is 11.7 Å². The minimum Gasteiger partial charge on any atom is -0.325 e. The molecule has 0 atom stereocenters. The average Bonchev–Trinajstić information content (AvgIpc) is 3.04. The Balaban J connectivity index is 2.14. The van der Waals surface area contributed by atoms with E-state index in [1.54, 1.807) is 19.1 Å². The van der Waals surface area contributed by atoms with Crippen molar-refractivity contribution in [3.63, 3.8) is 0 Å². The minimum atomic E-state index is -0.860. The van der Waals surface area contributed by atoms with Gasteiger partial charge in [-0.2, -0.15) is 0 Å². The van der Waals surface area contributed by atoms with Crippen LogP contribution in [0.15, 0.2) is 18.2 Å². The van der Waals surface area contributed by atoms with Gasteiger partial charge in [0, 0.05) is 5.69 Å². The monoisotopic (exact) mass is 235 g/mol. The lowest BCUT2D eigenvalue weighted by molar-refractivity contribution is -0.131. The molecule has 1 aromatic carbocycles. The predicted octanol–water partition coefficient (Wildman–Crippen LogP) is 2.44. The predicted molar refractivity (Wildman–Crippen MR) is 62.1 cm³/mol.